The molecule has 3 rings (SSSR count). The molecule has 0 amide bonds. The number of fused-ring (bicyclic) bond motifs is 1. The normalized spacial score (nSPS) is 11.2. The molecule has 0 saturated carbocycles. The fourth-order valence-corrected chi connectivity index (χ4v) is 3.75. The van der Waals surface area contributed by atoms with E-state index >= 15 is 0 Å². The number of H-pyrrole nitrogens is 1. The van der Waals surface area contributed by atoms with Crippen molar-refractivity contribution in [1.82, 2.24) is 4.98 Å². The lowest BCUT2D eigenvalue weighted by Crippen LogP contribution is -1.87. The number of aromatic amines is 1. The summed E-state index contributed by atoms with van der Waals surface area (Å²) in [6.07, 6.45) is 2.19. The monoisotopic (exact) mass is 299 g/mol. The van der Waals surface area contributed by atoms with Gasteiger partial charge in [0.1, 0.15) is 5.82 Å². The first-order chi connectivity index (χ1) is 10.2. The van der Waals surface area contributed by atoms with E-state index in [-0.39, 0.29) is 5.82 Å². The summed E-state index contributed by atoms with van der Waals surface area (Å²) in [5, 5.41) is 0.962. The second-order valence-electron chi connectivity index (χ2n) is 5.23. The number of aryl methyl sites for hydroxylation is 2. The molecule has 1 heterocycles. The van der Waals surface area contributed by atoms with E-state index in [0.29, 0.717) is 0 Å². The first-order valence-corrected chi connectivity index (χ1v) is 8.04. The van der Waals surface area contributed by atoms with Gasteiger partial charge in [-0.3, -0.25) is 0 Å². The van der Waals surface area contributed by atoms with Gasteiger partial charge in [-0.25, -0.2) is 4.39 Å². The van der Waals surface area contributed by atoms with Crippen molar-refractivity contribution >= 4 is 22.7 Å². The predicted molar refractivity (Wildman–Crippen MR) is 87.6 cm³/mol. The van der Waals surface area contributed by atoms with Crippen LogP contribution in [0, 0.1) is 12.7 Å². The van der Waals surface area contributed by atoms with E-state index in [1.165, 1.54) is 16.5 Å². The third-order valence-electron chi connectivity index (χ3n) is 3.59. The number of rotatable bonds is 4. The topological polar surface area (TPSA) is 15.8 Å². The summed E-state index contributed by atoms with van der Waals surface area (Å²) in [7, 11) is 0. The Morgan fingerprint density at radius 2 is 1.95 bits per heavy atom. The van der Waals surface area contributed by atoms with Gasteiger partial charge in [-0.05, 0) is 43.2 Å². The molecule has 3 heteroatoms. The van der Waals surface area contributed by atoms with Gasteiger partial charge in [0.25, 0.3) is 0 Å². The molecule has 0 bridgehead atoms. The van der Waals surface area contributed by atoms with Crippen molar-refractivity contribution < 1.29 is 4.39 Å². The quantitative estimate of drug-likeness (QED) is 0.651. The van der Waals surface area contributed by atoms with Crippen molar-refractivity contribution in [3.8, 4) is 0 Å². The zero-order valence-electron chi connectivity index (χ0n) is 12.2. The molecule has 1 nitrogen and oxygen atoms in total. The maximum Gasteiger partial charge on any atom is 0.123 e. The van der Waals surface area contributed by atoms with E-state index in [1.807, 2.05) is 6.92 Å². The van der Waals surface area contributed by atoms with Crippen molar-refractivity contribution in [2.24, 2.45) is 0 Å². The van der Waals surface area contributed by atoms with Crippen LogP contribution in [0.1, 0.15) is 24.6 Å². The van der Waals surface area contributed by atoms with Crippen LogP contribution in [-0.4, -0.2) is 4.98 Å². The standard InChI is InChI=1S/C18H18FNS/c1-3-6-13-7-4-5-8-17(13)21-18-12(2)20-16-10-9-14(19)11-15(16)18/h4-5,7-11,20H,3,6H2,1-2H3. The Morgan fingerprint density at radius 3 is 2.76 bits per heavy atom. The number of halogens is 1. The first-order valence-electron chi connectivity index (χ1n) is 7.22. The highest BCUT2D eigenvalue weighted by atomic mass is 32.2. The van der Waals surface area contributed by atoms with E-state index in [9.17, 15) is 4.39 Å². The summed E-state index contributed by atoms with van der Waals surface area (Å²) >= 11 is 1.73. The molecule has 108 valence electrons. The molecule has 0 aliphatic rings. The summed E-state index contributed by atoms with van der Waals surface area (Å²) in [5.74, 6) is -0.190. The van der Waals surface area contributed by atoms with Crippen LogP contribution in [0.4, 0.5) is 4.39 Å². The maximum absolute atomic E-state index is 13.5. The zero-order valence-corrected chi connectivity index (χ0v) is 13.1. The van der Waals surface area contributed by atoms with Crippen LogP contribution in [0.5, 0.6) is 0 Å². The van der Waals surface area contributed by atoms with E-state index < -0.39 is 0 Å². The molecule has 1 N–H and O–H groups in total. The van der Waals surface area contributed by atoms with Crippen LogP contribution in [0.2, 0.25) is 0 Å². The molecule has 3 aromatic rings. The van der Waals surface area contributed by atoms with Crippen LogP contribution in [0.3, 0.4) is 0 Å². The van der Waals surface area contributed by atoms with Crippen LogP contribution < -0.4 is 0 Å². The van der Waals surface area contributed by atoms with Gasteiger partial charge < -0.3 is 4.98 Å². The fourth-order valence-electron chi connectivity index (χ4n) is 2.59. The molecule has 0 unspecified atom stereocenters. The third-order valence-corrected chi connectivity index (χ3v) is 4.94. The third kappa shape index (κ3) is 2.84. The van der Waals surface area contributed by atoms with Gasteiger partial charge in [-0.1, -0.05) is 43.3 Å². The molecule has 0 spiro atoms. The lowest BCUT2D eigenvalue weighted by molar-refractivity contribution is 0.629. The van der Waals surface area contributed by atoms with E-state index in [0.717, 1.165) is 34.3 Å². The summed E-state index contributed by atoms with van der Waals surface area (Å²) in [4.78, 5) is 5.71. The van der Waals surface area contributed by atoms with Crippen LogP contribution in [0.15, 0.2) is 52.3 Å². The molecule has 0 aliphatic heterocycles. The first kappa shape index (κ1) is 14.2. The van der Waals surface area contributed by atoms with Gasteiger partial charge >= 0.3 is 0 Å². The zero-order chi connectivity index (χ0) is 14.8. The van der Waals surface area contributed by atoms with Crippen LogP contribution in [0.25, 0.3) is 10.9 Å². The number of hydrogen-bond acceptors (Lipinski definition) is 1. The van der Waals surface area contributed by atoms with Gasteiger partial charge in [0, 0.05) is 26.4 Å². The Morgan fingerprint density at radius 1 is 1.14 bits per heavy atom. The van der Waals surface area contributed by atoms with Gasteiger partial charge in [0.05, 0.1) is 0 Å². The minimum Gasteiger partial charge on any atom is -0.358 e. The van der Waals surface area contributed by atoms with Gasteiger partial charge in [-0.2, -0.15) is 0 Å². The number of benzene rings is 2. The number of hydrogen-bond donors (Lipinski definition) is 1. The fraction of sp³-hybridized carbons (Fsp3) is 0.222. The molecule has 0 radical (unpaired) electrons. The summed E-state index contributed by atoms with van der Waals surface area (Å²) in [6.45, 7) is 4.23. The van der Waals surface area contributed by atoms with Crippen LogP contribution >= 0.6 is 11.8 Å². The molecule has 21 heavy (non-hydrogen) atoms. The van der Waals surface area contributed by atoms with Gasteiger partial charge in [-0.15, -0.1) is 0 Å². The molecule has 2 aromatic carbocycles. The van der Waals surface area contributed by atoms with Crippen molar-refractivity contribution in [3.63, 3.8) is 0 Å². The minimum absolute atomic E-state index is 0.190. The average molecular weight is 299 g/mol. The van der Waals surface area contributed by atoms with E-state index in [2.05, 4.69) is 36.2 Å². The Balaban J connectivity index is 2.06. The lowest BCUT2D eigenvalue weighted by atomic mass is 10.1. The summed E-state index contributed by atoms with van der Waals surface area (Å²) in [6, 6.07) is 13.4. The molecular weight excluding hydrogens is 281 g/mol. The van der Waals surface area contributed by atoms with Crippen molar-refractivity contribution in [3.05, 3.63) is 59.5 Å². The molecule has 0 atom stereocenters. The SMILES string of the molecule is CCCc1ccccc1Sc1c(C)[nH]c2ccc(F)cc12. The van der Waals surface area contributed by atoms with Crippen molar-refractivity contribution in [2.75, 3.05) is 0 Å². The number of aromatic nitrogens is 1. The predicted octanol–water partition coefficient (Wildman–Crippen LogP) is 5.72. The Bertz CT molecular complexity index is 776. The van der Waals surface area contributed by atoms with Gasteiger partial charge in [0.15, 0.2) is 0 Å². The van der Waals surface area contributed by atoms with Gasteiger partial charge in [0.2, 0.25) is 0 Å². The minimum atomic E-state index is -0.190. The highest BCUT2D eigenvalue weighted by Crippen LogP contribution is 2.38. The highest BCUT2D eigenvalue weighted by molar-refractivity contribution is 7.99. The average Bonchev–Trinajstić information content (AvgIpc) is 2.77. The van der Waals surface area contributed by atoms with Crippen LogP contribution in [-0.2, 0) is 6.42 Å². The Kier molecular flexibility index (Phi) is 4.02. The molecule has 0 aliphatic carbocycles. The summed E-state index contributed by atoms with van der Waals surface area (Å²) in [5.41, 5.74) is 3.44. The maximum atomic E-state index is 13.5. The summed E-state index contributed by atoms with van der Waals surface area (Å²) < 4.78 is 13.5. The second-order valence-corrected chi connectivity index (χ2v) is 6.28. The molecular formula is C18H18FNS. The number of nitrogens with one attached hydrogen (secondary N) is 1. The van der Waals surface area contributed by atoms with E-state index in [1.54, 1.807) is 23.9 Å². The molecule has 0 saturated heterocycles. The largest absolute Gasteiger partial charge is 0.358 e. The van der Waals surface area contributed by atoms with E-state index in [4.69, 9.17) is 0 Å². The smallest absolute Gasteiger partial charge is 0.123 e. The molecule has 1 aromatic heterocycles. The second kappa shape index (κ2) is 5.94. The highest BCUT2D eigenvalue weighted by Gasteiger charge is 2.12. The Labute approximate surface area is 128 Å². The van der Waals surface area contributed by atoms with Crippen molar-refractivity contribution in [2.45, 2.75) is 36.5 Å². The molecule has 0 fully saturated rings. The Hall–Kier alpha value is -1.74. The van der Waals surface area contributed by atoms with Crippen molar-refractivity contribution in [1.29, 1.82) is 0 Å². The lowest BCUT2D eigenvalue weighted by Gasteiger charge is -2.08.